The molecule has 1 saturated heterocycles. The molecule has 24 heavy (non-hydrogen) atoms. The van der Waals surface area contributed by atoms with E-state index in [0.717, 1.165) is 43.0 Å². The molecule has 0 bridgehead atoms. The summed E-state index contributed by atoms with van der Waals surface area (Å²) in [6, 6.07) is 2.09. The Hall–Kier alpha value is -2.70. The number of fused-ring (bicyclic) bond motifs is 1. The molecule has 0 unspecified atom stereocenters. The summed E-state index contributed by atoms with van der Waals surface area (Å²) in [5.41, 5.74) is 2.08. The highest BCUT2D eigenvalue weighted by molar-refractivity contribution is 5.69. The van der Waals surface area contributed by atoms with Gasteiger partial charge in [0.2, 0.25) is 5.88 Å². The average molecular weight is 324 g/mol. The maximum Gasteiger partial charge on any atom is 0.232 e. The molecule has 0 aromatic carbocycles. The topological polar surface area (TPSA) is 68.4 Å². The first-order chi connectivity index (χ1) is 11.8. The predicted molar refractivity (Wildman–Crippen MR) is 90.2 cm³/mol. The van der Waals surface area contributed by atoms with Gasteiger partial charge in [-0.1, -0.05) is 0 Å². The lowest BCUT2D eigenvalue weighted by atomic mass is 9.98. The highest BCUT2D eigenvalue weighted by Crippen LogP contribution is 2.25. The molecule has 1 fully saturated rings. The fraction of sp³-hybridized carbons (Fsp3) is 0.412. The molecule has 0 N–H and O–H groups in total. The molecule has 0 amide bonds. The zero-order chi connectivity index (χ0) is 16.4. The summed E-state index contributed by atoms with van der Waals surface area (Å²) in [6.45, 7) is 4.65. The van der Waals surface area contributed by atoms with E-state index in [2.05, 4.69) is 31.0 Å². The smallest absolute Gasteiger partial charge is 0.232 e. The molecular weight excluding hydrogens is 304 g/mol. The van der Waals surface area contributed by atoms with Gasteiger partial charge in [0.1, 0.15) is 5.52 Å². The second-order valence-electron chi connectivity index (χ2n) is 6.15. The summed E-state index contributed by atoms with van der Waals surface area (Å²) in [4.78, 5) is 15.1. The minimum absolute atomic E-state index is 0.537. The molecular formula is C17H20N6O. The van der Waals surface area contributed by atoms with Crippen LogP contribution in [0.25, 0.3) is 5.52 Å². The Labute approximate surface area is 140 Å². The first-order valence-corrected chi connectivity index (χ1v) is 8.24. The van der Waals surface area contributed by atoms with Gasteiger partial charge in [0.15, 0.2) is 5.82 Å². The molecule has 1 aliphatic rings. The summed E-state index contributed by atoms with van der Waals surface area (Å²) >= 11 is 0. The Bertz CT molecular complexity index is 810. The lowest BCUT2D eigenvalue weighted by molar-refractivity contribution is 0.215. The number of piperidine rings is 1. The maximum atomic E-state index is 5.74. The maximum absolute atomic E-state index is 5.74. The molecule has 0 saturated carbocycles. The van der Waals surface area contributed by atoms with Crippen LogP contribution in [0.4, 0.5) is 5.82 Å². The molecule has 0 aliphatic carbocycles. The van der Waals surface area contributed by atoms with Crippen molar-refractivity contribution in [1.29, 1.82) is 0 Å². The summed E-state index contributed by atoms with van der Waals surface area (Å²) in [7, 11) is 0. The van der Waals surface area contributed by atoms with Gasteiger partial charge in [-0.15, -0.1) is 0 Å². The van der Waals surface area contributed by atoms with E-state index in [1.807, 2.05) is 23.8 Å². The van der Waals surface area contributed by atoms with Crippen molar-refractivity contribution in [3.63, 3.8) is 0 Å². The second kappa shape index (κ2) is 6.43. The van der Waals surface area contributed by atoms with Gasteiger partial charge in [-0.3, -0.25) is 4.98 Å². The van der Waals surface area contributed by atoms with Crippen LogP contribution in [0.1, 0.15) is 18.5 Å². The minimum Gasteiger partial charge on any atom is -0.476 e. The van der Waals surface area contributed by atoms with Crippen LogP contribution < -0.4 is 9.64 Å². The standard InChI is InChI=1S/C17H20N6O/c1-13-10-15-17(20-6-9-23(15)21-13)22-7-2-14(3-8-22)12-24-16-11-18-4-5-19-16/h4-6,9-11,14H,2-3,7-8,12H2,1H3. The first-order valence-electron chi connectivity index (χ1n) is 8.24. The lowest BCUT2D eigenvalue weighted by Gasteiger charge is -2.32. The van der Waals surface area contributed by atoms with E-state index < -0.39 is 0 Å². The molecule has 7 nitrogen and oxygen atoms in total. The molecule has 3 aromatic rings. The molecule has 0 atom stereocenters. The van der Waals surface area contributed by atoms with Crippen LogP contribution in [0, 0.1) is 12.8 Å². The van der Waals surface area contributed by atoms with E-state index in [4.69, 9.17) is 4.74 Å². The summed E-state index contributed by atoms with van der Waals surface area (Å²) < 4.78 is 7.64. The summed E-state index contributed by atoms with van der Waals surface area (Å²) in [5.74, 6) is 2.15. The van der Waals surface area contributed by atoms with Crippen molar-refractivity contribution >= 4 is 11.3 Å². The van der Waals surface area contributed by atoms with Crippen LogP contribution >= 0.6 is 0 Å². The fourth-order valence-corrected chi connectivity index (χ4v) is 3.15. The monoisotopic (exact) mass is 324 g/mol. The van der Waals surface area contributed by atoms with Crippen LogP contribution in [0.2, 0.25) is 0 Å². The van der Waals surface area contributed by atoms with E-state index in [0.29, 0.717) is 18.4 Å². The predicted octanol–water partition coefficient (Wildman–Crippen LogP) is 2.12. The largest absolute Gasteiger partial charge is 0.476 e. The van der Waals surface area contributed by atoms with Gasteiger partial charge >= 0.3 is 0 Å². The number of ether oxygens (including phenoxy) is 1. The van der Waals surface area contributed by atoms with Gasteiger partial charge in [-0.05, 0) is 31.7 Å². The lowest BCUT2D eigenvalue weighted by Crippen LogP contribution is -2.36. The molecule has 4 rings (SSSR count). The van der Waals surface area contributed by atoms with Crippen LogP contribution in [0.3, 0.4) is 0 Å². The van der Waals surface area contributed by atoms with Crippen molar-refractivity contribution in [2.45, 2.75) is 19.8 Å². The van der Waals surface area contributed by atoms with E-state index in [1.54, 1.807) is 18.6 Å². The molecule has 7 heteroatoms. The average Bonchev–Trinajstić information content (AvgIpc) is 3.01. The zero-order valence-corrected chi connectivity index (χ0v) is 13.7. The van der Waals surface area contributed by atoms with Gasteiger partial charge in [0.05, 0.1) is 18.5 Å². The number of nitrogens with zero attached hydrogens (tertiary/aromatic N) is 6. The molecule has 124 valence electrons. The van der Waals surface area contributed by atoms with Crippen LogP contribution in [0.15, 0.2) is 37.1 Å². The van der Waals surface area contributed by atoms with Crippen LogP contribution in [0.5, 0.6) is 5.88 Å². The molecule has 0 spiro atoms. The number of aryl methyl sites for hydroxylation is 1. The van der Waals surface area contributed by atoms with Crippen LogP contribution in [-0.4, -0.2) is 44.3 Å². The van der Waals surface area contributed by atoms with E-state index >= 15 is 0 Å². The molecule has 0 radical (unpaired) electrons. The quantitative estimate of drug-likeness (QED) is 0.732. The van der Waals surface area contributed by atoms with Gasteiger partial charge in [0, 0.05) is 37.9 Å². The first kappa shape index (κ1) is 14.9. The summed E-state index contributed by atoms with van der Waals surface area (Å²) in [6.07, 6.45) is 10.8. The van der Waals surface area contributed by atoms with Gasteiger partial charge in [-0.2, -0.15) is 5.10 Å². The summed E-state index contributed by atoms with van der Waals surface area (Å²) in [5, 5.41) is 4.46. The zero-order valence-electron chi connectivity index (χ0n) is 13.7. The fourth-order valence-electron chi connectivity index (χ4n) is 3.15. The van der Waals surface area contributed by atoms with Crippen molar-refractivity contribution in [2.75, 3.05) is 24.6 Å². The van der Waals surface area contributed by atoms with Crippen LogP contribution in [-0.2, 0) is 0 Å². The Morgan fingerprint density at radius 1 is 1.17 bits per heavy atom. The van der Waals surface area contributed by atoms with Gasteiger partial charge in [0.25, 0.3) is 0 Å². The van der Waals surface area contributed by atoms with E-state index in [-0.39, 0.29) is 0 Å². The highest BCUT2D eigenvalue weighted by Gasteiger charge is 2.22. The van der Waals surface area contributed by atoms with Gasteiger partial charge in [-0.25, -0.2) is 14.5 Å². The van der Waals surface area contributed by atoms with E-state index in [1.165, 1.54) is 0 Å². The number of hydrogen-bond donors (Lipinski definition) is 0. The number of aromatic nitrogens is 5. The Morgan fingerprint density at radius 3 is 2.83 bits per heavy atom. The van der Waals surface area contributed by atoms with Crippen molar-refractivity contribution in [2.24, 2.45) is 5.92 Å². The minimum atomic E-state index is 0.537. The van der Waals surface area contributed by atoms with Crippen molar-refractivity contribution in [3.8, 4) is 5.88 Å². The van der Waals surface area contributed by atoms with Crippen molar-refractivity contribution < 1.29 is 4.74 Å². The molecule has 1 aliphatic heterocycles. The second-order valence-corrected chi connectivity index (χ2v) is 6.15. The van der Waals surface area contributed by atoms with E-state index in [9.17, 15) is 0 Å². The highest BCUT2D eigenvalue weighted by atomic mass is 16.5. The number of rotatable bonds is 4. The Morgan fingerprint density at radius 2 is 2.04 bits per heavy atom. The number of anilines is 1. The number of hydrogen-bond acceptors (Lipinski definition) is 6. The molecule has 3 aromatic heterocycles. The SMILES string of the molecule is Cc1cc2c(N3CCC(COc4cnccn4)CC3)nccn2n1. The normalized spacial score (nSPS) is 15.8. The van der Waals surface area contributed by atoms with Crippen molar-refractivity contribution in [3.05, 3.63) is 42.7 Å². The third kappa shape index (κ3) is 3.02. The Kier molecular flexibility index (Phi) is 3.98. The molecule has 4 heterocycles. The van der Waals surface area contributed by atoms with Gasteiger partial charge < -0.3 is 9.64 Å². The van der Waals surface area contributed by atoms with Crippen molar-refractivity contribution in [1.82, 2.24) is 24.6 Å². The third-order valence-electron chi connectivity index (χ3n) is 4.41. The Balaban J connectivity index is 1.39. The third-order valence-corrected chi connectivity index (χ3v) is 4.41.